The molecule has 2 aromatic heterocycles. The van der Waals surface area contributed by atoms with Crippen molar-refractivity contribution in [1.82, 2.24) is 24.7 Å². The van der Waals surface area contributed by atoms with E-state index in [1.54, 1.807) is 6.07 Å². The van der Waals surface area contributed by atoms with Crippen LogP contribution in [0.1, 0.15) is 31.7 Å². The predicted molar refractivity (Wildman–Crippen MR) is 110 cm³/mol. The number of H-pyrrole nitrogens is 1. The van der Waals surface area contributed by atoms with Crippen molar-refractivity contribution < 1.29 is 4.79 Å². The summed E-state index contributed by atoms with van der Waals surface area (Å²) in [6.07, 6.45) is 4.29. The molecule has 1 N–H and O–H groups in total. The smallest absolute Gasteiger partial charge is 0.290 e. The summed E-state index contributed by atoms with van der Waals surface area (Å²) in [5.74, 6) is 0.391. The van der Waals surface area contributed by atoms with E-state index in [2.05, 4.69) is 34.4 Å². The fourth-order valence-corrected chi connectivity index (χ4v) is 4.21. The van der Waals surface area contributed by atoms with Gasteiger partial charge in [-0.3, -0.25) is 9.59 Å². The van der Waals surface area contributed by atoms with Crippen LogP contribution in [0.15, 0.2) is 40.3 Å². The summed E-state index contributed by atoms with van der Waals surface area (Å²) in [5, 5.41) is 11.7. The minimum absolute atomic E-state index is 0.105. The maximum absolute atomic E-state index is 12.4. The van der Waals surface area contributed by atoms with Gasteiger partial charge in [0.2, 0.25) is 11.1 Å². The van der Waals surface area contributed by atoms with Crippen molar-refractivity contribution >= 4 is 23.2 Å². The maximum atomic E-state index is 12.4. The maximum Gasteiger partial charge on any atom is 0.290 e. The molecule has 1 amide bonds. The zero-order chi connectivity index (χ0) is 19.5. The van der Waals surface area contributed by atoms with Gasteiger partial charge in [0.25, 0.3) is 5.56 Å². The number of hydrogen-bond acceptors (Lipinski definition) is 5. The Balaban J connectivity index is 1.58. The number of thioether (sulfide) groups is 1. The van der Waals surface area contributed by atoms with E-state index < -0.39 is 0 Å². The van der Waals surface area contributed by atoms with Gasteiger partial charge in [-0.15, -0.1) is 5.10 Å². The summed E-state index contributed by atoms with van der Waals surface area (Å²) >= 11 is 1.30. The zero-order valence-electron chi connectivity index (χ0n) is 15.9. The van der Waals surface area contributed by atoms with Crippen molar-refractivity contribution in [3.63, 3.8) is 0 Å². The molecule has 28 heavy (non-hydrogen) atoms. The Labute approximate surface area is 167 Å². The van der Waals surface area contributed by atoms with Gasteiger partial charge < -0.3 is 4.90 Å². The second kappa shape index (κ2) is 8.18. The van der Waals surface area contributed by atoms with Crippen molar-refractivity contribution in [2.75, 3.05) is 18.8 Å². The average Bonchev–Trinajstić information content (AvgIpc) is 3.20. The van der Waals surface area contributed by atoms with E-state index in [0.717, 1.165) is 37.9 Å². The summed E-state index contributed by atoms with van der Waals surface area (Å²) in [6, 6.07) is 9.91. The average molecular weight is 398 g/mol. The molecule has 0 unspecified atom stereocenters. The number of aromatic nitrogens is 4. The molecule has 0 spiro atoms. The van der Waals surface area contributed by atoms with Crippen LogP contribution in [-0.4, -0.2) is 49.5 Å². The highest BCUT2D eigenvalue weighted by atomic mass is 32.2. The van der Waals surface area contributed by atoms with Gasteiger partial charge in [-0.25, -0.2) is 9.61 Å². The fourth-order valence-electron chi connectivity index (χ4n) is 3.40. The molecule has 4 rings (SSSR count). The Kier molecular flexibility index (Phi) is 5.47. The second-order valence-electron chi connectivity index (χ2n) is 6.94. The lowest BCUT2D eigenvalue weighted by molar-refractivity contribution is -0.129. The van der Waals surface area contributed by atoms with Crippen LogP contribution in [0.25, 0.3) is 16.8 Å². The number of nitrogens with one attached hydrogen (secondary N) is 1. The molecule has 1 fully saturated rings. The first-order valence-corrected chi connectivity index (χ1v) is 10.6. The molecular formula is C20H23N5O2S. The standard InChI is InChI=1S/C20H23N5O2S/c1-2-14-6-8-15(9-7-14)16-12-17-19(27)21-22-20(25(17)23-16)28-13-18(26)24-10-4-3-5-11-24/h6-9,12H,2-5,10-11,13H2,1H3,(H,21,27). The predicted octanol–water partition coefficient (Wildman–Crippen LogP) is 2.75. The van der Waals surface area contributed by atoms with Crippen LogP contribution in [-0.2, 0) is 11.2 Å². The highest BCUT2D eigenvalue weighted by Crippen LogP contribution is 2.22. The monoisotopic (exact) mass is 397 g/mol. The first-order chi connectivity index (χ1) is 13.7. The van der Waals surface area contributed by atoms with Crippen LogP contribution in [0.4, 0.5) is 0 Å². The summed E-state index contributed by atoms with van der Waals surface area (Å²) in [4.78, 5) is 26.5. The SMILES string of the molecule is CCc1ccc(-c2cc3c(=O)[nH]nc(SCC(=O)N4CCCCC4)n3n2)cc1. The zero-order valence-corrected chi connectivity index (χ0v) is 16.7. The van der Waals surface area contributed by atoms with Gasteiger partial charge >= 0.3 is 0 Å². The summed E-state index contributed by atoms with van der Waals surface area (Å²) in [7, 11) is 0. The van der Waals surface area contributed by atoms with E-state index in [1.807, 2.05) is 17.0 Å². The minimum Gasteiger partial charge on any atom is -0.342 e. The Bertz CT molecular complexity index is 1030. The summed E-state index contributed by atoms with van der Waals surface area (Å²) in [6.45, 7) is 3.76. The number of nitrogens with zero attached hydrogens (tertiary/aromatic N) is 4. The molecule has 0 saturated carbocycles. The number of piperidine rings is 1. The Morgan fingerprint density at radius 1 is 1.18 bits per heavy atom. The van der Waals surface area contributed by atoms with Gasteiger partial charge in [-0.05, 0) is 37.3 Å². The van der Waals surface area contributed by atoms with Crippen LogP contribution in [0.2, 0.25) is 0 Å². The van der Waals surface area contributed by atoms with Crippen molar-refractivity contribution in [3.05, 3.63) is 46.2 Å². The van der Waals surface area contributed by atoms with Gasteiger partial charge in [-0.1, -0.05) is 43.0 Å². The Morgan fingerprint density at radius 2 is 1.93 bits per heavy atom. The van der Waals surface area contributed by atoms with Crippen LogP contribution < -0.4 is 5.56 Å². The van der Waals surface area contributed by atoms with Crippen LogP contribution in [0.3, 0.4) is 0 Å². The number of benzene rings is 1. The highest BCUT2D eigenvalue weighted by molar-refractivity contribution is 7.99. The lowest BCUT2D eigenvalue weighted by atomic mass is 10.1. The second-order valence-corrected chi connectivity index (χ2v) is 7.89. The van der Waals surface area contributed by atoms with Gasteiger partial charge in [0.1, 0.15) is 5.52 Å². The lowest BCUT2D eigenvalue weighted by Gasteiger charge is -2.26. The fraction of sp³-hybridized carbons (Fsp3) is 0.400. The number of carbonyl (C=O) groups excluding carboxylic acids is 1. The normalized spacial score (nSPS) is 14.5. The quantitative estimate of drug-likeness (QED) is 0.670. The van der Waals surface area contributed by atoms with E-state index in [1.165, 1.54) is 28.3 Å². The number of rotatable bonds is 5. The van der Waals surface area contributed by atoms with Crippen molar-refractivity contribution in [2.45, 2.75) is 37.8 Å². The molecule has 0 radical (unpaired) electrons. The first kappa shape index (κ1) is 18.7. The van der Waals surface area contributed by atoms with E-state index in [9.17, 15) is 9.59 Å². The van der Waals surface area contributed by atoms with E-state index in [4.69, 9.17) is 0 Å². The van der Waals surface area contributed by atoms with Crippen molar-refractivity contribution in [2.24, 2.45) is 0 Å². The molecular weight excluding hydrogens is 374 g/mol. The third-order valence-corrected chi connectivity index (χ3v) is 5.98. The van der Waals surface area contributed by atoms with Gasteiger partial charge in [-0.2, -0.15) is 5.10 Å². The molecule has 0 atom stereocenters. The van der Waals surface area contributed by atoms with Crippen LogP contribution in [0, 0.1) is 0 Å². The third kappa shape index (κ3) is 3.82. The molecule has 7 nitrogen and oxygen atoms in total. The molecule has 1 aromatic carbocycles. The number of aromatic amines is 1. The van der Waals surface area contributed by atoms with Crippen LogP contribution in [0.5, 0.6) is 0 Å². The topological polar surface area (TPSA) is 83.4 Å². The van der Waals surface area contributed by atoms with Gasteiger partial charge in [0.15, 0.2) is 0 Å². The molecule has 1 aliphatic rings. The number of likely N-dealkylation sites (tertiary alicyclic amines) is 1. The van der Waals surface area contributed by atoms with E-state index >= 15 is 0 Å². The number of aryl methyl sites for hydroxylation is 1. The first-order valence-electron chi connectivity index (χ1n) is 9.64. The number of fused-ring (bicyclic) bond motifs is 1. The number of amides is 1. The molecule has 1 saturated heterocycles. The third-order valence-electron chi connectivity index (χ3n) is 5.07. The molecule has 1 aliphatic heterocycles. The highest BCUT2D eigenvalue weighted by Gasteiger charge is 2.18. The van der Waals surface area contributed by atoms with Crippen molar-refractivity contribution in [3.8, 4) is 11.3 Å². The summed E-state index contributed by atoms with van der Waals surface area (Å²) < 4.78 is 1.54. The summed E-state index contributed by atoms with van der Waals surface area (Å²) in [5.41, 5.74) is 3.04. The number of hydrogen-bond donors (Lipinski definition) is 1. The van der Waals surface area contributed by atoms with E-state index in [0.29, 0.717) is 16.4 Å². The van der Waals surface area contributed by atoms with Gasteiger partial charge in [0.05, 0.1) is 11.4 Å². The Hall–Kier alpha value is -2.61. The molecule has 0 aliphatic carbocycles. The molecule has 8 heteroatoms. The lowest BCUT2D eigenvalue weighted by Crippen LogP contribution is -2.36. The number of carbonyl (C=O) groups is 1. The van der Waals surface area contributed by atoms with Crippen molar-refractivity contribution in [1.29, 1.82) is 0 Å². The largest absolute Gasteiger partial charge is 0.342 e. The van der Waals surface area contributed by atoms with Gasteiger partial charge in [0, 0.05) is 18.7 Å². The minimum atomic E-state index is -0.296. The van der Waals surface area contributed by atoms with E-state index in [-0.39, 0.29) is 17.2 Å². The molecule has 0 bridgehead atoms. The Morgan fingerprint density at radius 3 is 2.64 bits per heavy atom. The molecule has 3 aromatic rings. The molecule has 146 valence electrons. The van der Waals surface area contributed by atoms with Crippen LogP contribution >= 0.6 is 11.8 Å². The molecule has 3 heterocycles.